The summed E-state index contributed by atoms with van der Waals surface area (Å²) in [5.41, 5.74) is 1.01. The molecule has 1 heterocycles. The minimum absolute atomic E-state index is 0.152. The van der Waals surface area contributed by atoms with Gasteiger partial charge in [-0.3, -0.25) is 0 Å². The van der Waals surface area contributed by atoms with E-state index in [4.69, 9.17) is 5.11 Å². The van der Waals surface area contributed by atoms with Crippen molar-refractivity contribution in [2.75, 3.05) is 0 Å². The third-order valence-corrected chi connectivity index (χ3v) is 3.01. The summed E-state index contributed by atoms with van der Waals surface area (Å²) < 4.78 is 2.20. The third-order valence-electron chi connectivity index (χ3n) is 3.01. The van der Waals surface area contributed by atoms with Gasteiger partial charge in [0.05, 0.1) is 6.61 Å². The lowest BCUT2D eigenvalue weighted by atomic mass is 9.99. The van der Waals surface area contributed by atoms with E-state index >= 15 is 0 Å². The summed E-state index contributed by atoms with van der Waals surface area (Å²) in [6.07, 6.45) is 9.29. The molecule has 0 saturated heterocycles. The van der Waals surface area contributed by atoms with Gasteiger partial charge in [0.1, 0.15) is 0 Å². The number of aromatic nitrogens is 1. The molecule has 0 saturated carbocycles. The van der Waals surface area contributed by atoms with E-state index in [0.29, 0.717) is 0 Å². The summed E-state index contributed by atoms with van der Waals surface area (Å²) in [7, 11) is 0. The monoisotopic (exact) mass is 209 g/mol. The van der Waals surface area contributed by atoms with Crippen LogP contribution in [0.1, 0.15) is 45.1 Å². The van der Waals surface area contributed by atoms with Gasteiger partial charge in [-0.15, -0.1) is 0 Å². The fourth-order valence-electron chi connectivity index (χ4n) is 1.91. The van der Waals surface area contributed by atoms with E-state index in [1.807, 2.05) is 6.07 Å². The van der Waals surface area contributed by atoms with Crippen molar-refractivity contribution in [1.29, 1.82) is 0 Å². The Morgan fingerprint density at radius 2 is 2.20 bits per heavy atom. The van der Waals surface area contributed by atoms with Crippen LogP contribution in [0.4, 0.5) is 0 Å². The van der Waals surface area contributed by atoms with E-state index in [1.54, 1.807) is 0 Å². The Kier molecular flexibility index (Phi) is 5.48. The molecule has 1 N–H and O–H groups in total. The number of hydrogen-bond donors (Lipinski definition) is 1. The van der Waals surface area contributed by atoms with Crippen molar-refractivity contribution in [3.63, 3.8) is 0 Å². The van der Waals surface area contributed by atoms with Crippen LogP contribution in [0.3, 0.4) is 0 Å². The first-order valence-corrected chi connectivity index (χ1v) is 6.05. The zero-order valence-electron chi connectivity index (χ0n) is 9.95. The predicted molar refractivity (Wildman–Crippen MR) is 63.7 cm³/mol. The van der Waals surface area contributed by atoms with Crippen molar-refractivity contribution in [2.24, 2.45) is 5.92 Å². The topological polar surface area (TPSA) is 25.2 Å². The lowest BCUT2D eigenvalue weighted by Crippen LogP contribution is -2.08. The molecule has 1 rings (SSSR count). The number of nitrogens with zero attached hydrogens (tertiary/aromatic N) is 1. The molecule has 0 aliphatic heterocycles. The van der Waals surface area contributed by atoms with Crippen LogP contribution in [0.5, 0.6) is 0 Å². The van der Waals surface area contributed by atoms with Crippen LogP contribution in [0.15, 0.2) is 18.5 Å². The largest absolute Gasteiger partial charge is 0.392 e. The number of aliphatic hydroxyl groups excluding tert-OH is 1. The van der Waals surface area contributed by atoms with Crippen LogP contribution in [0.2, 0.25) is 0 Å². The Morgan fingerprint density at radius 1 is 1.40 bits per heavy atom. The molecule has 15 heavy (non-hydrogen) atoms. The second-order valence-electron chi connectivity index (χ2n) is 4.29. The first-order chi connectivity index (χ1) is 7.30. The van der Waals surface area contributed by atoms with Crippen molar-refractivity contribution in [3.05, 3.63) is 24.0 Å². The second kappa shape index (κ2) is 6.67. The molecule has 1 aromatic rings. The van der Waals surface area contributed by atoms with E-state index in [2.05, 4.69) is 30.8 Å². The Balaban J connectivity index is 2.43. The maximum Gasteiger partial charge on any atom is 0.0696 e. The maximum absolute atomic E-state index is 8.97. The molecule has 0 aromatic carbocycles. The van der Waals surface area contributed by atoms with E-state index in [1.165, 1.54) is 25.7 Å². The highest BCUT2D eigenvalue weighted by Gasteiger charge is 2.06. The van der Waals surface area contributed by atoms with Crippen LogP contribution in [-0.2, 0) is 13.2 Å². The van der Waals surface area contributed by atoms with Crippen LogP contribution < -0.4 is 0 Å². The van der Waals surface area contributed by atoms with Gasteiger partial charge in [0.25, 0.3) is 0 Å². The van der Waals surface area contributed by atoms with E-state index < -0.39 is 0 Å². The van der Waals surface area contributed by atoms with Gasteiger partial charge in [-0.25, -0.2) is 0 Å². The number of unbranched alkanes of at least 4 members (excludes halogenated alkanes) is 1. The van der Waals surface area contributed by atoms with E-state index in [9.17, 15) is 0 Å². The van der Waals surface area contributed by atoms with E-state index in [0.717, 1.165) is 18.0 Å². The molecule has 1 atom stereocenters. The zero-order valence-corrected chi connectivity index (χ0v) is 9.95. The Morgan fingerprint density at radius 3 is 2.73 bits per heavy atom. The Bertz CT molecular complexity index is 267. The van der Waals surface area contributed by atoms with Gasteiger partial charge in [0.15, 0.2) is 0 Å². The average Bonchev–Trinajstić information content (AvgIpc) is 2.71. The molecule has 0 radical (unpaired) electrons. The van der Waals surface area contributed by atoms with E-state index in [-0.39, 0.29) is 6.61 Å². The molecular formula is C13H23NO. The number of rotatable bonds is 7. The third kappa shape index (κ3) is 4.08. The lowest BCUT2D eigenvalue weighted by molar-refractivity contribution is 0.281. The quantitative estimate of drug-likeness (QED) is 0.733. The molecule has 2 nitrogen and oxygen atoms in total. The van der Waals surface area contributed by atoms with Crippen molar-refractivity contribution < 1.29 is 5.11 Å². The summed E-state index contributed by atoms with van der Waals surface area (Å²) in [6.45, 7) is 5.75. The molecule has 2 heteroatoms. The second-order valence-corrected chi connectivity index (χ2v) is 4.29. The smallest absolute Gasteiger partial charge is 0.0696 e. The molecular weight excluding hydrogens is 186 g/mol. The lowest BCUT2D eigenvalue weighted by Gasteiger charge is -2.15. The molecule has 0 bridgehead atoms. The van der Waals surface area contributed by atoms with Crippen LogP contribution in [-0.4, -0.2) is 9.67 Å². The van der Waals surface area contributed by atoms with Crippen molar-refractivity contribution >= 4 is 0 Å². The Hall–Kier alpha value is -0.760. The molecule has 0 spiro atoms. The van der Waals surface area contributed by atoms with Crippen LogP contribution in [0.25, 0.3) is 0 Å². The molecule has 1 unspecified atom stereocenters. The van der Waals surface area contributed by atoms with Gasteiger partial charge in [-0.2, -0.15) is 0 Å². The fourth-order valence-corrected chi connectivity index (χ4v) is 1.91. The normalized spacial score (nSPS) is 13.0. The highest BCUT2D eigenvalue weighted by molar-refractivity contribution is 5.08. The summed E-state index contributed by atoms with van der Waals surface area (Å²) >= 11 is 0. The summed E-state index contributed by atoms with van der Waals surface area (Å²) in [6, 6.07) is 1.99. The molecule has 0 amide bonds. The Labute approximate surface area is 92.9 Å². The number of aliphatic hydroxyl groups is 1. The SMILES string of the molecule is CCCCC(CC)Cn1ccc(CO)c1. The first-order valence-electron chi connectivity index (χ1n) is 6.05. The molecule has 0 fully saturated rings. The van der Waals surface area contributed by atoms with Crippen molar-refractivity contribution in [3.8, 4) is 0 Å². The molecule has 0 aliphatic rings. The van der Waals surface area contributed by atoms with Gasteiger partial charge in [0, 0.05) is 18.9 Å². The van der Waals surface area contributed by atoms with Crippen molar-refractivity contribution in [1.82, 2.24) is 4.57 Å². The van der Waals surface area contributed by atoms with Crippen LogP contribution >= 0.6 is 0 Å². The standard InChI is InChI=1S/C13H23NO/c1-3-5-6-12(4-2)9-14-8-7-13(10-14)11-15/h7-8,10,12,15H,3-6,9,11H2,1-2H3. The highest BCUT2D eigenvalue weighted by Crippen LogP contribution is 2.15. The van der Waals surface area contributed by atoms with Crippen LogP contribution in [0, 0.1) is 5.92 Å². The summed E-state index contributed by atoms with van der Waals surface area (Å²) in [5.74, 6) is 0.781. The fraction of sp³-hybridized carbons (Fsp3) is 0.692. The zero-order chi connectivity index (χ0) is 11.1. The minimum Gasteiger partial charge on any atom is -0.392 e. The van der Waals surface area contributed by atoms with Gasteiger partial charge < -0.3 is 9.67 Å². The first kappa shape index (κ1) is 12.3. The van der Waals surface area contributed by atoms with Gasteiger partial charge in [-0.05, 0) is 24.0 Å². The maximum atomic E-state index is 8.97. The summed E-state index contributed by atoms with van der Waals surface area (Å²) in [4.78, 5) is 0. The molecule has 1 aromatic heterocycles. The van der Waals surface area contributed by atoms with Crippen molar-refractivity contribution in [2.45, 2.75) is 52.7 Å². The molecule has 0 aliphatic carbocycles. The summed E-state index contributed by atoms with van der Waals surface area (Å²) in [5, 5.41) is 8.97. The number of hydrogen-bond acceptors (Lipinski definition) is 1. The average molecular weight is 209 g/mol. The van der Waals surface area contributed by atoms with Gasteiger partial charge in [-0.1, -0.05) is 33.1 Å². The highest BCUT2D eigenvalue weighted by atomic mass is 16.3. The minimum atomic E-state index is 0.152. The molecule has 86 valence electrons. The predicted octanol–water partition coefficient (Wildman–Crippen LogP) is 3.20. The van der Waals surface area contributed by atoms with Gasteiger partial charge in [0.2, 0.25) is 0 Å². The van der Waals surface area contributed by atoms with Gasteiger partial charge >= 0.3 is 0 Å².